The van der Waals surface area contributed by atoms with Gasteiger partial charge in [0.1, 0.15) is 0 Å². The van der Waals surface area contributed by atoms with Gasteiger partial charge in [-0.05, 0) is 68.0 Å². The van der Waals surface area contributed by atoms with Crippen LogP contribution in [-0.4, -0.2) is 24.0 Å². The predicted octanol–water partition coefficient (Wildman–Crippen LogP) is 5.99. The lowest BCUT2D eigenvalue weighted by atomic mass is 9.86. The molecule has 160 valence electrons. The van der Waals surface area contributed by atoms with E-state index in [1.165, 1.54) is 12.8 Å². The van der Waals surface area contributed by atoms with Gasteiger partial charge >= 0.3 is 0 Å². The number of carbonyl (C=O) groups is 1. The van der Waals surface area contributed by atoms with Crippen molar-refractivity contribution in [2.45, 2.75) is 51.0 Å². The van der Waals surface area contributed by atoms with Crippen LogP contribution >= 0.6 is 0 Å². The number of ether oxygens (including phenoxy) is 2. The van der Waals surface area contributed by atoms with E-state index in [2.05, 4.69) is 23.2 Å². The minimum atomic E-state index is 0.0736. The zero-order valence-corrected chi connectivity index (χ0v) is 18.2. The van der Waals surface area contributed by atoms with Crippen molar-refractivity contribution in [2.75, 3.05) is 7.11 Å². The van der Waals surface area contributed by atoms with Crippen molar-refractivity contribution in [3.63, 3.8) is 0 Å². The molecule has 0 N–H and O–H groups in total. The normalized spacial score (nSPS) is 14.9. The van der Waals surface area contributed by atoms with Gasteiger partial charge in [-0.15, -0.1) is 0 Å². The van der Waals surface area contributed by atoms with Crippen LogP contribution in [-0.2, 0) is 6.42 Å². The van der Waals surface area contributed by atoms with Crippen molar-refractivity contribution in [2.24, 2.45) is 0 Å². The van der Waals surface area contributed by atoms with Gasteiger partial charge in [0.2, 0.25) is 0 Å². The number of aromatic nitrogens is 1. The number of carbonyl (C=O) groups excluding carboxylic acids is 1. The number of nitrogens with zero attached hydrogens (tertiary/aromatic N) is 1. The standard InChI is InChI=1S/C27H29NO3/c1-19(29)20-10-12-21(13-11-20)25(18-23-7-5-6-16-28-23)22-14-15-26(30-2)27(17-22)31-24-8-3-4-9-24/h5-7,10-17,24-25H,3-4,8-9,18H2,1-2H3. The van der Waals surface area contributed by atoms with E-state index in [0.717, 1.165) is 53.1 Å². The van der Waals surface area contributed by atoms with E-state index in [1.807, 2.05) is 48.7 Å². The summed E-state index contributed by atoms with van der Waals surface area (Å²) in [4.78, 5) is 16.3. The smallest absolute Gasteiger partial charge is 0.161 e. The SMILES string of the molecule is COc1ccc(C(Cc2ccccn2)c2ccc(C(C)=O)cc2)cc1OC1CCCC1. The van der Waals surface area contributed by atoms with Gasteiger partial charge in [-0.1, -0.05) is 36.4 Å². The van der Waals surface area contributed by atoms with Gasteiger partial charge in [0.05, 0.1) is 13.2 Å². The highest BCUT2D eigenvalue weighted by Crippen LogP contribution is 2.37. The average Bonchev–Trinajstić information content (AvgIpc) is 3.31. The molecule has 1 unspecified atom stereocenters. The largest absolute Gasteiger partial charge is 0.493 e. The van der Waals surface area contributed by atoms with Gasteiger partial charge in [0.25, 0.3) is 0 Å². The average molecular weight is 416 g/mol. The molecule has 1 heterocycles. The molecule has 4 rings (SSSR count). The first-order valence-electron chi connectivity index (χ1n) is 11.0. The third-order valence-corrected chi connectivity index (χ3v) is 6.04. The predicted molar refractivity (Wildman–Crippen MR) is 122 cm³/mol. The van der Waals surface area contributed by atoms with Crippen LogP contribution in [0.1, 0.15) is 65.7 Å². The fourth-order valence-corrected chi connectivity index (χ4v) is 4.29. The maximum Gasteiger partial charge on any atom is 0.161 e. The van der Waals surface area contributed by atoms with Crippen LogP contribution < -0.4 is 9.47 Å². The lowest BCUT2D eigenvalue weighted by Crippen LogP contribution is -2.13. The molecule has 0 bridgehead atoms. The Balaban J connectivity index is 1.70. The molecular formula is C27H29NO3. The van der Waals surface area contributed by atoms with Crippen LogP contribution in [0.25, 0.3) is 0 Å². The molecule has 1 saturated carbocycles. The summed E-state index contributed by atoms with van der Waals surface area (Å²) in [6.07, 6.45) is 7.47. The van der Waals surface area contributed by atoms with Gasteiger partial charge < -0.3 is 9.47 Å². The Morgan fingerprint density at radius 3 is 2.39 bits per heavy atom. The van der Waals surface area contributed by atoms with Crippen LogP contribution in [0.15, 0.2) is 66.9 Å². The quantitative estimate of drug-likeness (QED) is 0.424. The highest BCUT2D eigenvalue weighted by Gasteiger charge is 2.22. The molecule has 2 aromatic carbocycles. The summed E-state index contributed by atoms with van der Waals surface area (Å²) in [6, 6.07) is 20.1. The van der Waals surface area contributed by atoms with Crippen molar-refractivity contribution in [3.8, 4) is 11.5 Å². The number of ketones is 1. The summed E-state index contributed by atoms with van der Waals surface area (Å²) >= 11 is 0. The van der Waals surface area contributed by atoms with Crippen molar-refractivity contribution in [1.82, 2.24) is 4.98 Å². The Kier molecular flexibility index (Phi) is 6.66. The minimum Gasteiger partial charge on any atom is -0.493 e. The molecule has 4 heteroatoms. The molecule has 0 aliphatic heterocycles. The number of hydrogen-bond donors (Lipinski definition) is 0. The zero-order valence-electron chi connectivity index (χ0n) is 18.2. The summed E-state index contributed by atoms with van der Waals surface area (Å²) in [6.45, 7) is 1.59. The lowest BCUT2D eigenvalue weighted by Gasteiger charge is -2.21. The van der Waals surface area contributed by atoms with E-state index < -0.39 is 0 Å². The third kappa shape index (κ3) is 5.13. The third-order valence-electron chi connectivity index (χ3n) is 6.04. The Hall–Kier alpha value is -3.14. The highest BCUT2D eigenvalue weighted by atomic mass is 16.5. The van der Waals surface area contributed by atoms with Crippen LogP contribution in [0, 0.1) is 0 Å². The Morgan fingerprint density at radius 2 is 1.74 bits per heavy atom. The summed E-state index contributed by atoms with van der Waals surface area (Å²) in [5.74, 6) is 1.73. The van der Waals surface area contributed by atoms with Gasteiger partial charge in [-0.2, -0.15) is 0 Å². The van der Waals surface area contributed by atoms with E-state index >= 15 is 0 Å². The molecule has 1 atom stereocenters. The number of pyridine rings is 1. The number of methoxy groups -OCH3 is 1. The maximum atomic E-state index is 11.7. The second kappa shape index (κ2) is 9.78. The number of hydrogen-bond acceptors (Lipinski definition) is 4. The summed E-state index contributed by atoms with van der Waals surface area (Å²) in [7, 11) is 1.68. The Labute approximate surface area is 184 Å². The van der Waals surface area contributed by atoms with E-state index in [4.69, 9.17) is 9.47 Å². The van der Waals surface area contributed by atoms with E-state index in [0.29, 0.717) is 0 Å². The van der Waals surface area contributed by atoms with Crippen molar-refractivity contribution < 1.29 is 14.3 Å². The molecule has 0 radical (unpaired) electrons. The first-order valence-corrected chi connectivity index (χ1v) is 11.0. The lowest BCUT2D eigenvalue weighted by molar-refractivity contribution is 0.101. The van der Waals surface area contributed by atoms with Crippen molar-refractivity contribution >= 4 is 5.78 Å². The molecule has 0 spiro atoms. The molecule has 31 heavy (non-hydrogen) atoms. The van der Waals surface area contributed by atoms with Crippen LogP contribution in [0.2, 0.25) is 0 Å². The van der Waals surface area contributed by atoms with Crippen LogP contribution in [0.4, 0.5) is 0 Å². The van der Waals surface area contributed by atoms with Gasteiger partial charge in [-0.25, -0.2) is 0 Å². The van der Waals surface area contributed by atoms with E-state index in [1.54, 1.807) is 14.0 Å². The van der Waals surface area contributed by atoms with Crippen molar-refractivity contribution in [3.05, 3.63) is 89.2 Å². The van der Waals surface area contributed by atoms with Crippen LogP contribution in [0.5, 0.6) is 11.5 Å². The zero-order chi connectivity index (χ0) is 21.6. The minimum absolute atomic E-state index is 0.0736. The first kappa shape index (κ1) is 21.1. The van der Waals surface area contributed by atoms with E-state index in [-0.39, 0.29) is 17.8 Å². The molecular weight excluding hydrogens is 386 g/mol. The van der Waals surface area contributed by atoms with E-state index in [9.17, 15) is 4.79 Å². The molecule has 0 amide bonds. The summed E-state index contributed by atoms with van der Waals surface area (Å²) < 4.78 is 11.9. The molecule has 3 aromatic rings. The summed E-state index contributed by atoms with van der Waals surface area (Å²) in [5, 5.41) is 0. The molecule has 1 aromatic heterocycles. The fourth-order valence-electron chi connectivity index (χ4n) is 4.29. The fraction of sp³-hybridized carbons (Fsp3) is 0.333. The van der Waals surface area contributed by atoms with Crippen LogP contribution in [0.3, 0.4) is 0 Å². The highest BCUT2D eigenvalue weighted by molar-refractivity contribution is 5.94. The molecule has 0 saturated heterocycles. The second-order valence-corrected chi connectivity index (χ2v) is 8.19. The Morgan fingerprint density at radius 1 is 1.00 bits per heavy atom. The number of rotatable bonds is 8. The summed E-state index contributed by atoms with van der Waals surface area (Å²) in [5.41, 5.74) is 4.04. The molecule has 4 nitrogen and oxygen atoms in total. The first-order chi connectivity index (χ1) is 15.1. The Bertz CT molecular complexity index is 1010. The number of Topliss-reactive ketones (excluding diaryl/α,β-unsaturated/α-hetero) is 1. The topological polar surface area (TPSA) is 48.4 Å². The number of benzene rings is 2. The monoisotopic (exact) mass is 415 g/mol. The van der Waals surface area contributed by atoms with Gasteiger partial charge in [0.15, 0.2) is 17.3 Å². The van der Waals surface area contributed by atoms with Gasteiger partial charge in [-0.3, -0.25) is 9.78 Å². The van der Waals surface area contributed by atoms with Crippen molar-refractivity contribution in [1.29, 1.82) is 0 Å². The molecule has 1 fully saturated rings. The van der Waals surface area contributed by atoms with Gasteiger partial charge in [0, 0.05) is 29.8 Å². The maximum absolute atomic E-state index is 11.7. The molecule has 1 aliphatic rings. The second-order valence-electron chi connectivity index (χ2n) is 8.19. The molecule has 1 aliphatic carbocycles.